The number of rotatable bonds is 7. The summed E-state index contributed by atoms with van der Waals surface area (Å²) in [6.45, 7) is 13.4. The maximum absolute atomic E-state index is 12.4. The topological polar surface area (TPSA) is 56.6 Å². The first-order valence-corrected chi connectivity index (χ1v) is 10.9. The van der Waals surface area contributed by atoms with Crippen LogP contribution < -0.4 is 20.3 Å². The number of aryl methyl sites for hydroxylation is 3. The minimum Gasteiger partial charge on any atom is -0.497 e. The second-order valence-electron chi connectivity index (χ2n) is 8.67. The lowest BCUT2D eigenvalue weighted by Gasteiger charge is -2.21. The largest absolute Gasteiger partial charge is 0.497 e. The first-order valence-electron chi connectivity index (χ1n) is 10.9. The van der Waals surface area contributed by atoms with Crippen LogP contribution in [0.1, 0.15) is 30.5 Å². The van der Waals surface area contributed by atoms with Crippen molar-refractivity contribution in [2.75, 3.05) is 37.0 Å². The van der Waals surface area contributed by atoms with Crippen LogP contribution in [0.4, 0.5) is 16.2 Å². The first kappa shape index (κ1) is 22.7. The van der Waals surface area contributed by atoms with Gasteiger partial charge in [0.25, 0.3) is 0 Å². The molecule has 0 bridgehead atoms. The molecule has 6 heteroatoms. The molecule has 0 saturated heterocycles. The fraction of sp³-hybridized carbons (Fsp3) is 0.440. The summed E-state index contributed by atoms with van der Waals surface area (Å²) in [5.74, 6) is 1.16. The van der Waals surface area contributed by atoms with Gasteiger partial charge in [-0.2, -0.15) is 0 Å². The Balaban J connectivity index is 1.65. The fourth-order valence-corrected chi connectivity index (χ4v) is 4.35. The van der Waals surface area contributed by atoms with Crippen molar-refractivity contribution in [1.82, 2.24) is 5.32 Å². The molecule has 3 rings (SSSR count). The van der Waals surface area contributed by atoms with Crippen LogP contribution in [0.15, 0.2) is 36.4 Å². The predicted molar refractivity (Wildman–Crippen MR) is 128 cm³/mol. The standard InChI is InChI=1S/C25H34N4O2/c1-17(2)23(15-26-25(30)27-21-7-9-22(31-6)10-8-21)28-11-12-29(16-28)24-19(4)13-18(3)14-20(24)5/h7-10,13-14,16-17,23H,11-12,15H2,1-6H3,(H-,26,27,30)/p+1/t23-/m1/s1. The number of hydrogen-bond acceptors (Lipinski definition) is 3. The lowest BCUT2D eigenvalue weighted by molar-refractivity contribution is -0.558. The molecule has 0 unspecified atom stereocenters. The van der Waals surface area contributed by atoms with Crippen LogP contribution in [0.2, 0.25) is 0 Å². The van der Waals surface area contributed by atoms with Crippen LogP contribution in [0.5, 0.6) is 5.75 Å². The number of anilines is 2. The highest BCUT2D eigenvalue weighted by molar-refractivity contribution is 5.89. The predicted octanol–water partition coefficient (Wildman–Crippen LogP) is 4.33. The summed E-state index contributed by atoms with van der Waals surface area (Å²) >= 11 is 0. The van der Waals surface area contributed by atoms with Gasteiger partial charge in [-0.25, -0.2) is 9.69 Å². The molecule has 1 heterocycles. The van der Waals surface area contributed by atoms with Gasteiger partial charge in [-0.3, -0.25) is 4.58 Å². The van der Waals surface area contributed by atoms with Gasteiger partial charge in [-0.05, 0) is 62.1 Å². The molecule has 2 aromatic rings. The molecule has 166 valence electrons. The van der Waals surface area contributed by atoms with Crippen molar-refractivity contribution >= 4 is 23.7 Å². The van der Waals surface area contributed by atoms with E-state index in [4.69, 9.17) is 4.74 Å². The Kier molecular flexibility index (Phi) is 7.21. The van der Waals surface area contributed by atoms with Crippen molar-refractivity contribution in [3.63, 3.8) is 0 Å². The number of nitrogens with one attached hydrogen (secondary N) is 2. The molecule has 2 aromatic carbocycles. The Morgan fingerprint density at radius 1 is 1.13 bits per heavy atom. The highest BCUT2D eigenvalue weighted by atomic mass is 16.5. The fourth-order valence-electron chi connectivity index (χ4n) is 4.35. The normalized spacial score (nSPS) is 14.4. The first-order chi connectivity index (χ1) is 14.8. The number of nitrogens with zero attached hydrogens (tertiary/aromatic N) is 2. The van der Waals surface area contributed by atoms with Crippen LogP contribution in [-0.4, -0.2) is 49.7 Å². The lowest BCUT2D eigenvalue weighted by Crippen LogP contribution is -2.43. The molecule has 6 nitrogen and oxygen atoms in total. The number of benzene rings is 2. The number of carbonyl (C=O) groups is 1. The van der Waals surface area contributed by atoms with Crippen LogP contribution >= 0.6 is 0 Å². The molecule has 2 N–H and O–H groups in total. The summed E-state index contributed by atoms with van der Waals surface area (Å²) in [5, 5.41) is 5.93. The van der Waals surface area contributed by atoms with E-state index in [2.05, 4.69) is 73.2 Å². The zero-order chi connectivity index (χ0) is 22.5. The van der Waals surface area contributed by atoms with E-state index in [9.17, 15) is 4.79 Å². The average Bonchev–Trinajstić information content (AvgIpc) is 3.16. The van der Waals surface area contributed by atoms with Crippen molar-refractivity contribution in [3.05, 3.63) is 53.1 Å². The Hall–Kier alpha value is -3.02. The van der Waals surface area contributed by atoms with Crippen LogP contribution in [0.3, 0.4) is 0 Å². The monoisotopic (exact) mass is 423 g/mol. The van der Waals surface area contributed by atoms with Gasteiger partial charge >= 0.3 is 6.03 Å². The van der Waals surface area contributed by atoms with E-state index >= 15 is 0 Å². The van der Waals surface area contributed by atoms with Gasteiger partial charge in [-0.1, -0.05) is 31.5 Å². The van der Waals surface area contributed by atoms with Gasteiger partial charge in [0.15, 0.2) is 0 Å². The smallest absolute Gasteiger partial charge is 0.319 e. The van der Waals surface area contributed by atoms with E-state index in [1.807, 2.05) is 24.3 Å². The Morgan fingerprint density at radius 2 is 1.77 bits per heavy atom. The van der Waals surface area contributed by atoms with Crippen molar-refractivity contribution in [1.29, 1.82) is 0 Å². The summed E-state index contributed by atoms with van der Waals surface area (Å²) in [6.07, 6.45) is 2.22. The molecule has 0 aliphatic carbocycles. The van der Waals surface area contributed by atoms with Gasteiger partial charge in [0, 0.05) is 5.69 Å². The maximum atomic E-state index is 12.4. The molecule has 1 aliphatic rings. The van der Waals surface area contributed by atoms with E-state index < -0.39 is 0 Å². The Morgan fingerprint density at radius 3 is 2.35 bits per heavy atom. The van der Waals surface area contributed by atoms with E-state index in [1.165, 1.54) is 22.4 Å². The van der Waals surface area contributed by atoms with E-state index in [0.717, 1.165) is 24.5 Å². The maximum Gasteiger partial charge on any atom is 0.319 e. The van der Waals surface area contributed by atoms with Gasteiger partial charge in [0.1, 0.15) is 30.6 Å². The Bertz CT molecular complexity index is 927. The molecule has 31 heavy (non-hydrogen) atoms. The molecule has 0 fully saturated rings. The SMILES string of the molecule is COc1ccc(NC(=O)NC[C@H](C(C)C)[N+]2=CN(c3c(C)cc(C)cc3C)CC2)cc1. The molecule has 2 amide bonds. The second kappa shape index (κ2) is 9.86. The number of ether oxygens (including phenoxy) is 1. The molecular weight excluding hydrogens is 388 g/mol. The third-order valence-corrected chi connectivity index (χ3v) is 5.82. The highest BCUT2D eigenvalue weighted by Crippen LogP contribution is 2.27. The summed E-state index contributed by atoms with van der Waals surface area (Å²) in [7, 11) is 1.62. The second-order valence-corrected chi connectivity index (χ2v) is 8.67. The zero-order valence-corrected chi connectivity index (χ0v) is 19.5. The molecule has 0 saturated carbocycles. The molecule has 0 aromatic heterocycles. The van der Waals surface area contributed by atoms with Crippen LogP contribution in [-0.2, 0) is 0 Å². The number of amides is 2. The number of carbonyl (C=O) groups excluding carboxylic acids is 1. The minimum absolute atomic E-state index is 0.197. The lowest BCUT2D eigenvalue weighted by atomic mass is 10.0. The third kappa shape index (κ3) is 5.57. The summed E-state index contributed by atoms with van der Waals surface area (Å²) in [5.41, 5.74) is 5.92. The molecular formula is C25H35N4O2+. The van der Waals surface area contributed by atoms with Crippen LogP contribution in [0.25, 0.3) is 0 Å². The Labute approximate surface area is 185 Å². The third-order valence-electron chi connectivity index (χ3n) is 5.82. The van der Waals surface area contributed by atoms with Crippen molar-refractivity contribution < 1.29 is 14.1 Å². The highest BCUT2D eigenvalue weighted by Gasteiger charge is 2.30. The number of urea groups is 1. The molecule has 1 aliphatic heterocycles. The van der Waals surface area contributed by atoms with Gasteiger partial charge in [-0.15, -0.1) is 0 Å². The minimum atomic E-state index is -0.197. The van der Waals surface area contributed by atoms with Crippen molar-refractivity contribution in [2.24, 2.45) is 5.92 Å². The quantitative estimate of drug-likeness (QED) is 0.652. The zero-order valence-electron chi connectivity index (χ0n) is 19.5. The summed E-state index contributed by atoms with van der Waals surface area (Å²) in [6, 6.07) is 11.8. The van der Waals surface area contributed by atoms with E-state index in [-0.39, 0.29) is 12.1 Å². The summed E-state index contributed by atoms with van der Waals surface area (Å²) < 4.78 is 7.51. The number of hydrogen-bond donors (Lipinski definition) is 2. The molecule has 0 radical (unpaired) electrons. The van der Waals surface area contributed by atoms with E-state index in [0.29, 0.717) is 12.5 Å². The number of methoxy groups -OCH3 is 1. The van der Waals surface area contributed by atoms with E-state index in [1.54, 1.807) is 7.11 Å². The van der Waals surface area contributed by atoms with Gasteiger partial charge in [0.05, 0.1) is 13.7 Å². The molecule has 1 atom stereocenters. The van der Waals surface area contributed by atoms with Crippen molar-refractivity contribution in [2.45, 2.75) is 40.7 Å². The van der Waals surface area contributed by atoms with Gasteiger partial charge in [0.2, 0.25) is 6.34 Å². The average molecular weight is 424 g/mol. The van der Waals surface area contributed by atoms with Crippen LogP contribution in [0, 0.1) is 26.7 Å². The summed E-state index contributed by atoms with van der Waals surface area (Å²) in [4.78, 5) is 14.8. The molecule has 0 spiro atoms. The van der Waals surface area contributed by atoms with Gasteiger partial charge < -0.3 is 15.4 Å². The van der Waals surface area contributed by atoms with Crippen molar-refractivity contribution in [3.8, 4) is 5.75 Å².